The molecular weight excluding hydrogens is 356 g/mol. The Bertz CT molecular complexity index is 585. The molecule has 0 heterocycles. The first kappa shape index (κ1) is 13.7. The van der Waals surface area contributed by atoms with Crippen molar-refractivity contribution in [2.24, 2.45) is 10.2 Å². The summed E-state index contributed by atoms with van der Waals surface area (Å²) in [6, 6.07) is 17.1. The Hall–Kier alpha value is -1.70. The summed E-state index contributed by atoms with van der Waals surface area (Å²) in [5.74, 6) is -0.253. The van der Waals surface area contributed by atoms with Crippen LogP contribution in [-0.2, 0) is 7.90 Å². The van der Waals surface area contributed by atoms with Crippen molar-refractivity contribution in [3.8, 4) is 0 Å². The molecule has 5 heteroatoms. The average molecular weight is 368 g/mol. The van der Waals surface area contributed by atoms with Gasteiger partial charge in [0, 0.05) is 0 Å². The summed E-state index contributed by atoms with van der Waals surface area (Å²) in [6.07, 6.45) is 0. The average Bonchev–Trinajstić information content (AvgIpc) is 2.45. The van der Waals surface area contributed by atoms with Crippen molar-refractivity contribution < 1.29 is 7.90 Å². The molecule has 0 saturated carbocycles. The van der Waals surface area contributed by atoms with Crippen LogP contribution in [0.4, 0.5) is 11.4 Å². The van der Waals surface area contributed by atoms with E-state index in [4.69, 9.17) is 3.10 Å². The molecule has 0 aliphatic heterocycles. The van der Waals surface area contributed by atoms with E-state index in [1.807, 2.05) is 54.6 Å². The molecule has 19 heavy (non-hydrogen) atoms. The molecule has 2 aromatic carbocycles. The molecule has 0 atom stereocenters. The van der Waals surface area contributed by atoms with E-state index in [1.165, 1.54) is 6.92 Å². The third-order valence-corrected chi connectivity index (χ3v) is 4.55. The molecule has 0 radical (unpaired) electrons. The maximum atomic E-state index is 10.9. The molecule has 0 aliphatic rings. The molecule has 0 N–H and O–H groups in total. The number of azo groups is 1. The Balaban J connectivity index is 2.16. The SMILES string of the molecule is CC(=O)O[Te]c1ccccc1N=Nc1ccccc1. The fraction of sp³-hybridized carbons (Fsp3) is 0.0714. The van der Waals surface area contributed by atoms with Crippen LogP contribution in [0.15, 0.2) is 64.8 Å². The molecule has 0 aromatic heterocycles. The van der Waals surface area contributed by atoms with Crippen LogP contribution in [0.5, 0.6) is 0 Å². The predicted octanol–water partition coefficient (Wildman–Crippen LogP) is 2.91. The van der Waals surface area contributed by atoms with Gasteiger partial charge in [-0.1, -0.05) is 0 Å². The summed E-state index contributed by atoms with van der Waals surface area (Å²) in [7, 11) is 0. The number of carbonyl (C=O) groups excluding carboxylic acids is 1. The molecule has 96 valence electrons. The van der Waals surface area contributed by atoms with Crippen molar-refractivity contribution in [3.63, 3.8) is 0 Å². The van der Waals surface area contributed by atoms with Gasteiger partial charge in [-0.05, 0) is 0 Å². The molecule has 0 spiro atoms. The van der Waals surface area contributed by atoms with Gasteiger partial charge < -0.3 is 0 Å². The number of rotatable bonds is 4. The second-order valence-electron chi connectivity index (χ2n) is 3.66. The fourth-order valence-electron chi connectivity index (χ4n) is 1.32. The van der Waals surface area contributed by atoms with Crippen LogP contribution in [0.3, 0.4) is 0 Å². The number of carbonyl (C=O) groups is 1. The van der Waals surface area contributed by atoms with E-state index >= 15 is 0 Å². The van der Waals surface area contributed by atoms with Crippen molar-refractivity contribution in [1.82, 2.24) is 0 Å². The van der Waals surface area contributed by atoms with Crippen molar-refractivity contribution in [2.75, 3.05) is 0 Å². The molecule has 0 fully saturated rings. The van der Waals surface area contributed by atoms with Crippen molar-refractivity contribution in [1.29, 1.82) is 0 Å². The summed E-state index contributed by atoms with van der Waals surface area (Å²) in [5, 5.41) is 8.39. The second-order valence-corrected chi connectivity index (χ2v) is 5.87. The van der Waals surface area contributed by atoms with Gasteiger partial charge in [0.2, 0.25) is 0 Å². The number of benzene rings is 2. The van der Waals surface area contributed by atoms with Crippen molar-refractivity contribution in [3.05, 3.63) is 54.6 Å². The maximum absolute atomic E-state index is 10.9. The van der Waals surface area contributed by atoms with Crippen LogP contribution in [0.25, 0.3) is 0 Å². The third-order valence-electron chi connectivity index (χ3n) is 2.14. The van der Waals surface area contributed by atoms with E-state index < -0.39 is 21.3 Å². The Morgan fingerprint density at radius 3 is 2.42 bits per heavy atom. The normalized spacial score (nSPS) is 10.6. The molecule has 0 saturated heterocycles. The standard InChI is InChI=1S/C14H12N2O2Te/c1-11(17)18-19-14-10-6-5-9-13(14)16-15-12-7-3-2-4-8-12/h2-10H,1H3. The molecule has 0 aliphatic carbocycles. The summed E-state index contributed by atoms with van der Waals surface area (Å²) < 4.78 is 6.07. The van der Waals surface area contributed by atoms with E-state index in [1.54, 1.807) is 0 Å². The van der Waals surface area contributed by atoms with E-state index in [0.717, 1.165) is 15.0 Å². The Kier molecular flexibility index (Phi) is 5.08. The van der Waals surface area contributed by atoms with Crippen molar-refractivity contribution >= 4 is 42.3 Å². The van der Waals surface area contributed by atoms with E-state index in [2.05, 4.69) is 10.2 Å². The third kappa shape index (κ3) is 4.47. The number of hydrogen-bond acceptors (Lipinski definition) is 4. The Morgan fingerprint density at radius 2 is 1.68 bits per heavy atom. The minimum atomic E-state index is -1.01. The molecule has 0 unspecified atom stereocenters. The zero-order valence-corrected chi connectivity index (χ0v) is 12.6. The Labute approximate surface area is 122 Å². The van der Waals surface area contributed by atoms with Gasteiger partial charge >= 0.3 is 122 Å². The minimum absolute atomic E-state index is 0.253. The zero-order chi connectivity index (χ0) is 13.5. The predicted molar refractivity (Wildman–Crippen MR) is 74.2 cm³/mol. The van der Waals surface area contributed by atoms with Gasteiger partial charge in [-0.3, -0.25) is 0 Å². The van der Waals surface area contributed by atoms with Gasteiger partial charge in [0.05, 0.1) is 0 Å². The molecule has 2 rings (SSSR count). The van der Waals surface area contributed by atoms with Crippen LogP contribution < -0.4 is 3.61 Å². The topological polar surface area (TPSA) is 51.0 Å². The van der Waals surface area contributed by atoms with Gasteiger partial charge in [0.1, 0.15) is 0 Å². The van der Waals surface area contributed by atoms with E-state index in [0.29, 0.717) is 0 Å². The quantitative estimate of drug-likeness (QED) is 0.616. The fourth-order valence-corrected chi connectivity index (χ4v) is 2.85. The number of hydrogen-bond donors (Lipinski definition) is 0. The summed E-state index contributed by atoms with van der Waals surface area (Å²) in [4.78, 5) is 10.9. The van der Waals surface area contributed by atoms with Crippen LogP contribution in [-0.4, -0.2) is 27.3 Å². The molecular formula is C14H12N2O2Te. The second kappa shape index (κ2) is 7.03. The van der Waals surface area contributed by atoms with E-state index in [9.17, 15) is 4.79 Å². The van der Waals surface area contributed by atoms with Gasteiger partial charge in [-0.15, -0.1) is 0 Å². The number of nitrogens with zero attached hydrogens (tertiary/aromatic N) is 2. The summed E-state index contributed by atoms with van der Waals surface area (Å²) >= 11 is -1.01. The van der Waals surface area contributed by atoms with Crippen molar-refractivity contribution in [2.45, 2.75) is 6.92 Å². The van der Waals surface area contributed by atoms with E-state index in [-0.39, 0.29) is 5.97 Å². The Morgan fingerprint density at radius 1 is 1.00 bits per heavy atom. The first-order valence-electron chi connectivity index (χ1n) is 5.66. The first-order chi connectivity index (χ1) is 9.25. The van der Waals surface area contributed by atoms with Crippen LogP contribution in [0, 0.1) is 0 Å². The molecule has 2 aromatic rings. The van der Waals surface area contributed by atoms with Crippen LogP contribution in [0.1, 0.15) is 6.92 Å². The monoisotopic (exact) mass is 370 g/mol. The van der Waals surface area contributed by atoms with Gasteiger partial charge in [0.25, 0.3) is 0 Å². The summed E-state index contributed by atoms with van der Waals surface area (Å²) in [5.41, 5.74) is 1.56. The molecule has 0 bridgehead atoms. The zero-order valence-electron chi connectivity index (χ0n) is 10.3. The summed E-state index contributed by atoms with van der Waals surface area (Å²) in [6.45, 7) is 1.42. The van der Waals surface area contributed by atoms with Crippen LogP contribution >= 0.6 is 0 Å². The van der Waals surface area contributed by atoms with Crippen LogP contribution in [0.2, 0.25) is 0 Å². The molecule has 4 nitrogen and oxygen atoms in total. The van der Waals surface area contributed by atoms with Gasteiger partial charge in [-0.2, -0.15) is 0 Å². The molecule has 0 amide bonds. The van der Waals surface area contributed by atoms with Gasteiger partial charge in [-0.25, -0.2) is 0 Å². The first-order valence-corrected chi connectivity index (χ1v) is 7.78. The van der Waals surface area contributed by atoms with Gasteiger partial charge in [0.15, 0.2) is 0 Å².